The van der Waals surface area contributed by atoms with Gasteiger partial charge in [0.05, 0.1) is 0 Å². The van der Waals surface area contributed by atoms with Crippen molar-refractivity contribution in [3.05, 3.63) is 181 Å². The third-order valence-corrected chi connectivity index (χ3v) is 9.26. The molecule has 0 aliphatic carbocycles. The molecule has 8 heteroatoms. The predicted molar refractivity (Wildman–Crippen MR) is 222 cm³/mol. The second-order valence-corrected chi connectivity index (χ2v) is 12.9. The third kappa shape index (κ3) is 12.2. The summed E-state index contributed by atoms with van der Waals surface area (Å²) in [6.45, 7) is 5.02. The molecular weight excluding hydrogens is 706 g/mol. The summed E-state index contributed by atoms with van der Waals surface area (Å²) in [6, 6.07) is 57.3. The number of rotatable bonds is 17. The Balaban J connectivity index is 0.000000237. The maximum atomic E-state index is 11.5. The van der Waals surface area contributed by atoms with Crippen LogP contribution in [-0.4, -0.2) is 57.8 Å². The fraction of sp³-hybridized carbons (Fsp3) is 0.174. The summed E-state index contributed by atoms with van der Waals surface area (Å²) in [7, 11) is 0. The van der Waals surface area contributed by atoms with Crippen LogP contribution < -0.4 is 42.7 Å². The van der Waals surface area contributed by atoms with Crippen molar-refractivity contribution in [3.8, 4) is 11.5 Å². The molecule has 0 unspecified atom stereocenters. The van der Waals surface area contributed by atoms with Crippen LogP contribution in [0, 0.1) is 0 Å². The Kier molecular flexibility index (Phi) is 18.0. The Morgan fingerprint density at radius 2 is 0.704 bits per heavy atom. The molecule has 0 aliphatic rings. The van der Waals surface area contributed by atoms with Crippen LogP contribution in [0.15, 0.2) is 180 Å². The van der Waals surface area contributed by atoms with Crippen LogP contribution in [0.2, 0.25) is 0 Å². The molecule has 6 rings (SSSR count). The second kappa shape index (κ2) is 23.4. The predicted octanol–water partition coefficient (Wildman–Crippen LogP) is 4.39. The number of benzene rings is 6. The number of hydrogen-bond acceptors (Lipinski definition) is 6. The first-order valence-electron chi connectivity index (χ1n) is 18.5. The fourth-order valence-corrected chi connectivity index (χ4v) is 6.64. The van der Waals surface area contributed by atoms with E-state index in [1.165, 1.54) is 21.9 Å². The van der Waals surface area contributed by atoms with Gasteiger partial charge in [0.25, 0.3) is 0 Å². The number of hydrogen-bond donors (Lipinski definition) is 2. The number of nitrogens with zero attached hydrogens (tertiary/aromatic N) is 2. The van der Waals surface area contributed by atoms with E-state index in [2.05, 4.69) is 142 Å². The van der Waals surface area contributed by atoms with Gasteiger partial charge >= 0.3 is 17.1 Å². The smallest absolute Gasteiger partial charge is 0.872 e. The Bertz CT molecular complexity index is 1740. The Labute approximate surface area is 331 Å². The largest absolute Gasteiger partial charge is 3.00 e. The average Bonchev–Trinajstić information content (AvgIpc) is 3.21. The first-order chi connectivity index (χ1) is 26.2. The number of para-hydroxylation sites is 2. The van der Waals surface area contributed by atoms with Gasteiger partial charge in [-0.15, -0.1) is 11.5 Å². The van der Waals surface area contributed by atoms with Crippen molar-refractivity contribution in [2.45, 2.75) is 12.8 Å². The fourth-order valence-electron chi connectivity index (χ4n) is 6.64. The Morgan fingerprint density at radius 3 is 1.02 bits per heavy atom. The second-order valence-electron chi connectivity index (χ2n) is 12.9. The van der Waals surface area contributed by atoms with E-state index >= 15 is 0 Å². The van der Waals surface area contributed by atoms with Gasteiger partial charge < -0.3 is 20.8 Å². The van der Waals surface area contributed by atoms with Crippen molar-refractivity contribution in [3.63, 3.8) is 0 Å². The quantitative estimate of drug-likeness (QED) is 0.0822. The van der Waals surface area contributed by atoms with Gasteiger partial charge in [-0.1, -0.05) is 170 Å². The number of nitrogens with one attached hydrogen (secondary N) is 2. The summed E-state index contributed by atoms with van der Waals surface area (Å²) < 4.78 is 0. The maximum absolute atomic E-state index is 11.5. The van der Waals surface area contributed by atoms with Crippen LogP contribution in [0.1, 0.15) is 24.0 Å². The molecule has 0 aromatic heterocycles. The summed E-state index contributed by atoms with van der Waals surface area (Å²) in [5.74, 6) is 0.0210. The van der Waals surface area contributed by atoms with Crippen molar-refractivity contribution in [1.82, 2.24) is 10.6 Å². The first kappa shape index (κ1) is 41.5. The molecular formula is C46H48BMnN4O2. The van der Waals surface area contributed by atoms with Gasteiger partial charge in [0.15, 0.2) is 0 Å². The summed E-state index contributed by atoms with van der Waals surface area (Å²) in [6.07, 6.45) is 3.97. The van der Waals surface area contributed by atoms with Gasteiger partial charge in [0, 0.05) is 38.6 Å². The van der Waals surface area contributed by atoms with E-state index in [0.717, 1.165) is 39.0 Å². The Morgan fingerprint density at radius 1 is 0.407 bits per heavy atom. The third-order valence-electron chi connectivity index (χ3n) is 9.26. The molecule has 54 heavy (non-hydrogen) atoms. The van der Waals surface area contributed by atoms with Crippen LogP contribution in [0.4, 0.5) is 0 Å². The van der Waals surface area contributed by atoms with Gasteiger partial charge in [0.1, 0.15) is 6.15 Å². The van der Waals surface area contributed by atoms with E-state index in [4.69, 9.17) is 0 Å². The molecule has 6 aromatic rings. The normalized spacial score (nSPS) is 11.2. The van der Waals surface area contributed by atoms with Crippen molar-refractivity contribution < 1.29 is 27.3 Å². The molecule has 0 heterocycles. The van der Waals surface area contributed by atoms with Crippen molar-refractivity contribution in [2.75, 3.05) is 39.3 Å². The average molecular weight is 755 g/mol. The van der Waals surface area contributed by atoms with E-state index in [9.17, 15) is 10.2 Å². The van der Waals surface area contributed by atoms with Gasteiger partial charge in [-0.05, 0) is 37.1 Å². The van der Waals surface area contributed by atoms with Crippen LogP contribution in [0.5, 0.6) is 11.5 Å². The van der Waals surface area contributed by atoms with Crippen molar-refractivity contribution >= 4 is 40.4 Å². The zero-order valence-corrected chi connectivity index (χ0v) is 31.8. The number of aliphatic imine (C=N–C) groups is 2. The van der Waals surface area contributed by atoms with E-state index < -0.39 is 6.15 Å². The molecule has 0 atom stereocenters. The monoisotopic (exact) mass is 754 g/mol. The topological polar surface area (TPSA) is 94.9 Å². The minimum atomic E-state index is -1.22. The van der Waals surface area contributed by atoms with E-state index in [0.29, 0.717) is 24.2 Å². The van der Waals surface area contributed by atoms with E-state index in [1.54, 1.807) is 48.8 Å². The van der Waals surface area contributed by atoms with Crippen LogP contribution in [-0.2, 0) is 17.1 Å². The van der Waals surface area contributed by atoms with Crippen LogP contribution in [0.3, 0.4) is 0 Å². The molecule has 6 aromatic carbocycles. The van der Waals surface area contributed by atoms with Gasteiger partial charge in [-0.3, -0.25) is 9.98 Å². The summed E-state index contributed by atoms with van der Waals surface area (Å²) >= 11 is 0. The van der Waals surface area contributed by atoms with E-state index in [-0.39, 0.29) is 28.6 Å². The molecule has 0 aliphatic heterocycles. The van der Waals surface area contributed by atoms with Crippen LogP contribution in [0.25, 0.3) is 0 Å². The molecule has 274 valence electrons. The first-order valence-corrected chi connectivity index (χ1v) is 18.5. The van der Waals surface area contributed by atoms with Crippen molar-refractivity contribution in [1.29, 1.82) is 0 Å². The molecule has 0 bridgehead atoms. The molecule has 0 spiro atoms. The summed E-state index contributed by atoms with van der Waals surface area (Å²) in [4.78, 5) is 8.58. The SMILES string of the molecule is [Mn+3].[O-]c1ccccc1C=NCCCNCCNCCCN=Cc1ccccc1[O-].c1ccc([B-](c2ccccc2)(c2ccccc2)c2ccccc2)cc1. The summed E-state index contributed by atoms with van der Waals surface area (Å²) in [5, 5.41) is 29.8. The standard InChI is InChI=1S/C24H20B.C22H30N4O2.Mn/c1-5-13-21(14-6-1)25(22-15-7-2-8-16-22,23-17-9-3-10-18-23)24-19-11-4-12-20-24;27-21-9-3-1-7-19(21)17-25-13-5-11-23-15-16-24-12-6-14-26-18-20-8-2-4-10-22(20)28;/h1-20H;1-4,7-10,17-18,23-24,27-28H,5-6,11-16H2;/q-1;;+3/p-2. The molecule has 0 saturated carbocycles. The summed E-state index contributed by atoms with van der Waals surface area (Å²) in [5.41, 5.74) is 6.64. The molecule has 0 saturated heterocycles. The van der Waals surface area contributed by atoms with Gasteiger partial charge in [0.2, 0.25) is 0 Å². The van der Waals surface area contributed by atoms with E-state index in [1.807, 2.05) is 12.1 Å². The molecule has 2 N–H and O–H groups in total. The minimum Gasteiger partial charge on any atom is -0.872 e. The van der Waals surface area contributed by atoms with Gasteiger partial charge in [-0.25, -0.2) is 0 Å². The molecule has 0 amide bonds. The van der Waals surface area contributed by atoms with Crippen LogP contribution >= 0.6 is 0 Å². The Hall–Kier alpha value is -5.24. The van der Waals surface area contributed by atoms with Crippen molar-refractivity contribution in [2.24, 2.45) is 9.98 Å². The minimum absolute atomic E-state index is 0. The zero-order valence-electron chi connectivity index (χ0n) is 30.6. The maximum Gasteiger partial charge on any atom is 3.00 e. The molecule has 6 nitrogen and oxygen atoms in total. The molecule has 0 radical (unpaired) electrons. The van der Waals surface area contributed by atoms with Gasteiger partial charge in [-0.2, -0.15) is 21.9 Å². The zero-order chi connectivity index (χ0) is 36.8. The molecule has 0 fully saturated rings.